The van der Waals surface area contributed by atoms with E-state index in [1.165, 1.54) is 23.3 Å². The summed E-state index contributed by atoms with van der Waals surface area (Å²) in [6.45, 7) is 0. The maximum atomic E-state index is 12.9. The first-order chi connectivity index (χ1) is 14.8. The van der Waals surface area contributed by atoms with E-state index in [2.05, 4.69) is 27.1 Å². The van der Waals surface area contributed by atoms with Crippen LogP contribution in [0.2, 0.25) is 0 Å². The lowest BCUT2D eigenvalue weighted by Crippen LogP contribution is -1.90. The largest absolute Gasteiger partial charge is 0.333 e. The van der Waals surface area contributed by atoms with Crippen LogP contribution < -0.4 is 0 Å². The van der Waals surface area contributed by atoms with Crippen molar-refractivity contribution in [3.05, 3.63) is 83.9 Å². The minimum atomic E-state index is -0.164. The summed E-state index contributed by atoms with van der Waals surface area (Å²) in [6.07, 6.45) is 6.41. The molecule has 154 valence electrons. The molecule has 0 amide bonds. The van der Waals surface area contributed by atoms with Crippen molar-refractivity contribution < 1.29 is 4.39 Å². The number of aromatic nitrogens is 3. The zero-order valence-electron chi connectivity index (χ0n) is 16.7. The highest BCUT2D eigenvalue weighted by Crippen LogP contribution is 2.25. The fraction of sp³-hybridized carbons (Fsp3) is 0.250. The first kappa shape index (κ1) is 20.9. The molecule has 2 aromatic carbocycles. The second kappa shape index (κ2) is 10.6. The third kappa shape index (κ3) is 6.09. The number of thioether (sulfide) groups is 2. The van der Waals surface area contributed by atoms with Crippen LogP contribution in [0.3, 0.4) is 0 Å². The van der Waals surface area contributed by atoms with Gasteiger partial charge in [-0.15, -0.1) is 11.8 Å². The van der Waals surface area contributed by atoms with Gasteiger partial charge in [0.25, 0.3) is 0 Å². The zero-order valence-corrected chi connectivity index (χ0v) is 18.3. The average molecular weight is 438 g/mol. The second-order valence-electron chi connectivity index (χ2n) is 7.12. The number of aryl methyl sites for hydroxylation is 1. The lowest BCUT2D eigenvalue weighted by Gasteiger charge is -2.05. The molecule has 0 aliphatic rings. The van der Waals surface area contributed by atoms with Gasteiger partial charge < -0.3 is 4.98 Å². The molecule has 6 heteroatoms. The SMILES string of the molecule is Fc1ccc(CCCCCSc2ccnc(CSc3nc4ccccc4[nH]3)c2)cc1. The molecule has 2 heterocycles. The second-order valence-corrected chi connectivity index (χ2v) is 9.25. The summed E-state index contributed by atoms with van der Waals surface area (Å²) in [5.41, 5.74) is 4.35. The molecule has 4 aromatic rings. The van der Waals surface area contributed by atoms with Crippen LogP contribution in [0, 0.1) is 5.82 Å². The molecule has 2 aromatic heterocycles. The van der Waals surface area contributed by atoms with E-state index in [4.69, 9.17) is 0 Å². The molecule has 4 rings (SSSR count). The number of rotatable bonds is 10. The Labute approximate surface area is 184 Å². The summed E-state index contributed by atoms with van der Waals surface area (Å²) in [4.78, 5) is 13.7. The first-order valence-electron chi connectivity index (χ1n) is 10.2. The normalized spacial score (nSPS) is 11.2. The van der Waals surface area contributed by atoms with Gasteiger partial charge in [-0.2, -0.15) is 0 Å². The lowest BCUT2D eigenvalue weighted by molar-refractivity contribution is 0.626. The van der Waals surface area contributed by atoms with Crippen LogP contribution in [0.1, 0.15) is 30.5 Å². The fourth-order valence-electron chi connectivity index (χ4n) is 3.21. The third-order valence-electron chi connectivity index (χ3n) is 4.80. The van der Waals surface area contributed by atoms with E-state index < -0.39 is 0 Å². The molecule has 0 radical (unpaired) electrons. The van der Waals surface area contributed by atoms with Gasteiger partial charge in [0.2, 0.25) is 0 Å². The average Bonchev–Trinajstić information content (AvgIpc) is 3.19. The van der Waals surface area contributed by atoms with Gasteiger partial charge in [-0.3, -0.25) is 4.98 Å². The monoisotopic (exact) mass is 437 g/mol. The smallest absolute Gasteiger partial charge is 0.166 e. The molecule has 0 aliphatic heterocycles. The van der Waals surface area contributed by atoms with Crippen LogP contribution in [-0.2, 0) is 12.2 Å². The van der Waals surface area contributed by atoms with Crippen LogP contribution in [0.15, 0.2) is 76.9 Å². The van der Waals surface area contributed by atoms with Gasteiger partial charge in [-0.05, 0) is 67.0 Å². The summed E-state index contributed by atoms with van der Waals surface area (Å²) in [7, 11) is 0. The number of H-pyrrole nitrogens is 1. The molecule has 30 heavy (non-hydrogen) atoms. The van der Waals surface area contributed by atoms with Crippen molar-refractivity contribution in [2.24, 2.45) is 0 Å². The molecule has 0 saturated carbocycles. The van der Waals surface area contributed by atoms with E-state index in [1.54, 1.807) is 23.9 Å². The van der Waals surface area contributed by atoms with Crippen molar-refractivity contribution >= 4 is 34.6 Å². The van der Waals surface area contributed by atoms with Crippen molar-refractivity contribution in [3.8, 4) is 0 Å². The molecule has 0 bridgehead atoms. The fourth-order valence-corrected chi connectivity index (χ4v) is 4.96. The molecule has 1 N–H and O–H groups in total. The number of nitrogens with one attached hydrogen (secondary N) is 1. The molecule has 0 saturated heterocycles. The van der Waals surface area contributed by atoms with Gasteiger partial charge in [-0.25, -0.2) is 9.37 Å². The summed E-state index contributed by atoms with van der Waals surface area (Å²) in [5, 5.41) is 0.928. The first-order valence-corrected chi connectivity index (χ1v) is 12.1. The summed E-state index contributed by atoms with van der Waals surface area (Å²) in [6, 6.07) is 19.2. The van der Waals surface area contributed by atoms with E-state index in [1.807, 2.05) is 54.4 Å². The number of fused-ring (bicyclic) bond motifs is 1. The Morgan fingerprint density at radius 3 is 2.63 bits per heavy atom. The quantitative estimate of drug-likeness (QED) is 0.216. The Morgan fingerprint density at radius 1 is 0.900 bits per heavy atom. The van der Waals surface area contributed by atoms with Crippen molar-refractivity contribution in [1.29, 1.82) is 0 Å². The van der Waals surface area contributed by atoms with E-state index in [0.29, 0.717) is 0 Å². The summed E-state index contributed by atoms with van der Waals surface area (Å²) in [5.74, 6) is 1.73. The number of unbranched alkanes of at least 4 members (excludes halogenated alkanes) is 2. The van der Waals surface area contributed by atoms with Gasteiger partial charge >= 0.3 is 0 Å². The molecule has 0 fully saturated rings. The van der Waals surface area contributed by atoms with E-state index in [0.717, 1.165) is 46.2 Å². The number of pyridine rings is 1. The molecule has 0 atom stereocenters. The highest BCUT2D eigenvalue weighted by atomic mass is 32.2. The Balaban J connectivity index is 1.18. The van der Waals surface area contributed by atoms with E-state index in [-0.39, 0.29) is 5.82 Å². The third-order valence-corrected chi connectivity index (χ3v) is 6.79. The van der Waals surface area contributed by atoms with E-state index >= 15 is 0 Å². The topological polar surface area (TPSA) is 41.6 Å². The standard InChI is InChI=1S/C24H24FN3S2/c25-19-11-9-18(10-12-19)6-2-1-5-15-29-21-13-14-26-20(16-21)17-30-24-27-22-7-3-4-8-23(22)28-24/h3-4,7-14,16H,1-2,5-6,15,17H2,(H,27,28). The molecule has 0 aliphatic carbocycles. The summed E-state index contributed by atoms with van der Waals surface area (Å²) >= 11 is 3.57. The highest BCUT2D eigenvalue weighted by molar-refractivity contribution is 7.99. The number of para-hydroxylation sites is 2. The van der Waals surface area contributed by atoms with Gasteiger partial charge in [0.15, 0.2) is 5.16 Å². The number of nitrogens with zero attached hydrogens (tertiary/aromatic N) is 2. The predicted molar refractivity (Wildman–Crippen MR) is 125 cm³/mol. The molecular formula is C24H24FN3S2. The maximum Gasteiger partial charge on any atom is 0.166 e. The van der Waals surface area contributed by atoms with Crippen molar-refractivity contribution in [1.82, 2.24) is 15.0 Å². The molecule has 0 unspecified atom stereocenters. The lowest BCUT2D eigenvalue weighted by atomic mass is 10.1. The number of halogens is 1. The highest BCUT2D eigenvalue weighted by Gasteiger charge is 2.05. The van der Waals surface area contributed by atoms with Crippen molar-refractivity contribution in [3.63, 3.8) is 0 Å². The van der Waals surface area contributed by atoms with Gasteiger partial charge in [0, 0.05) is 16.8 Å². The number of aromatic amines is 1. The van der Waals surface area contributed by atoms with Crippen molar-refractivity contribution in [2.45, 2.75) is 41.5 Å². The number of benzene rings is 2. The minimum Gasteiger partial charge on any atom is -0.333 e. The van der Waals surface area contributed by atoms with Crippen LogP contribution in [0.25, 0.3) is 11.0 Å². The van der Waals surface area contributed by atoms with Crippen LogP contribution in [0.4, 0.5) is 4.39 Å². The maximum absolute atomic E-state index is 12.9. The van der Waals surface area contributed by atoms with Crippen molar-refractivity contribution in [2.75, 3.05) is 5.75 Å². The Morgan fingerprint density at radius 2 is 1.77 bits per heavy atom. The van der Waals surface area contributed by atoms with Crippen LogP contribution in [-0.4, -0.2) is 20.7 Å². The minimum absolute atomic E-state index is 0.164. The zero-order chi connectivity index (χ0) is 20.6. The predicted octanol–water partition coefficient (Wildman–Crippen LogP) is 6.89. The van der Waals surface area contributed by atoms with Crippen LogP contribution >= 0.6 is 23.5 Å². The van der Waals surface area contributed by atoms with Gasteiger partial charge in [-0.1, -0.05) is 42.4 Å². The molecule has 3 nitrogen and oxygen atoms in total. The molecule has 0 spiro atoms. The van der Waals surface area contributed by atoms with E-state index in [9.17, 15) is 4.39 Å². The van der Waals surface area contributed by atoms with Crippen LogP contribution in [0.5, 0.6) is 0 Å². The number of hydrogen-bond acceptors (Lipinski definition) is 4. The Kier molecular flexibility index (Phi) is 7.43. The summed E-state index contributed by atoms with van der Waals surface area (Å²) < 4.78 is 12.9. The Hall–Kier alpha value is -2.31. The number of hydrogen-bond donors (Lipinski definition) is 1. The Bertz CT molecular complexity index is 1050. The van der Waals surface area contributed by atoms with Gasteiger partial charge in [0.05, 0.1) is 16.7 Å². The van der Waals surface area contributed by atoms with Gasteiger partial charge in [0.1, 0.15) is 5.82 Å². The molecular weight excluding hydrogens is 413 g/mol. The number of imidazole rings is 1.